The first kappa shape index (κ1) is 11.0. The van der Waals surface area contributed by atoms with Gasteiger partial charge in [-0.25, -0.2) is 8.42 Å². The van der Waals surface area contributed by atoms with Crippen molar-refractivity contribution in [1.29, 1.82) is 0 Å². The maximum absolute atomic E-state index is 11.3. The second-order valence-corrected chi connectivity index (χ2v) is 6.54. The minimum absolute atomic E-state index is 0.186. The zero-order chi connectivity index (χ0) is 10.1. The molecular weight excluding hydrogens is 186 g/mol. The normalized spacial score (nSPS) is 34.7. The third kappa shape index (κ3) is 2.95. The topological polar surface area (TPSA) is 46.2 Å². The Morgan fingerprint density at radius 3 is 2.54 bits per heavy atom. The van der Waals surface area contributed by atoms with Gasteiger partial charge in [0.1, 0.15) is 0 Å². The van der Waals surface area contributed by atoms with Gasteiger partial charge in [-0.3, -0.25) is 0 Å². The molecule has 2 atom stereocenters. The fourth-order valence-electron chi connectivity index (χ4n) is 1.82. The SMILES string of the molecule is CCC(C)NC1(C)CCS(=O)(=O)C1. The summed E-state index contributed by atoms with van der Waals surface area (Å²) in [5.41, 5.74) is -0.186. The fourth-order valence-corrected chi connectivity index (χ4v) is 3.93. The van der Waals surface area contributed by atoms with Crippen molar-refractivity contribution in [3.8, 4) is 0 Å². The first-order valence-corrected chi connectivity index (χ1v) is 6.67. The van der Waals surface area contributed by atoms with Gasteiger partial charge in [0.05, 0.1) is 11.5 Å². The molecule has 0 bridgehead atoms. The van der Waals surface area contributed by atoms with E-state index in [2.05, 4.69) is 19.2 Å². The Morgan fingerprint density at radius 2 is 2.15 bits per heavy atom. The van der Waals surface area contributed by atoms with Crippen LogP contribution in [0.15, 0.2) is 0 Å². The molecule has 0 aromatic rings. The number of nitrogens with one attached hydrogen (secondary N) is 1. The van der Waals surface area contributed by atoms with Gasteiger partial charge in [0.15, 0.2) is 9.84 Å². The molecule has 0 aromatic carbocycles. The molecule has 0 radical (unpaired) electrons. The van der Waals surface area contributed by atoms with E-state index >= 15 is 0 Å². The highest BCUT2D eigenvalue weighted by Crippen LogP contribution is 2.23. The molecule has 1 aliphatic rings. The van der Waals surface area contributed by atoms with Crippen molar-refractivity contribution in [1.82, 2.24) is 5.32 Å². The monoisotopic (exact) mass is 205 g/mol. The lowest BCUT2D eigenvalue weighted by molar-refractivity contribution is 0.346. The second-order valence-electron chi connectivity index (χ2n) is 4.36. The van der Waals surface area contributed by atoms with Crippen LogP contribution in [0.1, 0.15) is 33.6 Å². The van der Waals surface area contributed by atoms with Crippen molar-refractivity contribution in [2.45, 2.75) is 45.2 Å². The number of rotatable bonds is 3. The van der Waals surface area contributed by atoms with Crippen LogP contribution in [0.2, 0.25) is 0 Å². The van der Waals surface area contributed by atoms with Crippen molar-refractivity contribution in [3.63, 3.8) is 0 Å². The Hall–Kier alpha value is -0.0900. The van der Waals surface area contributed by atoms with Gasteiger partial charge in [-0.2, -0.15) is 0 Å². The molecular formula is C9H19NO2S. The van der Waals surface area contributed by atoms with E-state index in [9.17, 15) is 8.42 Å². The van der Waals surface area contributed by atoms with E-state index in [1.165, 1.54) is 0 Å². The van der Waals surface area contributed by atoms with Crippen LogP contribution in [0.4, 0.5) is 0 Å². The molecule has 1 saturated heterocycles. The van der Waals surface area contributed by atoms with Gasteiger partial charge in [0, 0.05) is 11.6 Å². The van der Waals surface area contributed by atoms with Gasteiger partial charge in [-0.15, -0.1) is 0 Å². The standard InChI is InChI=1S/C9H19NO2S/c1-4-8(2)10-9(3)5-6-13(11,12)7-9/h8,10H,4-7H2,1-3H3. The zero-order valence-electron chi connectivity index (χ0n) is 8.63. The third-order valence-corrected chi connectivity index (χ3v) is 4.61. The van der Waals surface area contributed by atoms with E-state index in [-0.39, 0.29) is 5.54 Å². The molecule has 78 valence electrons. The van der Waals surface area contributed by atoms with Crippen LogP contribution >= 0.6 is 0 Å². The van der Waals surface area contributed by atoms with Crippen LogP contribution in [0.3, 0.4) is 0 Å². The molecule has 1 rings (SSSR count). The van der Waals surface area contributed by atoms with Crippen molar-refractivity contribution in [2.75, 3.05) is 11.5 Å². The minimum atomic E-state index is -2.77. The Labute approximate surface area is 80.8 Å². The minimum Gasteiger partial charge on any atom is -0.308 e. The summed E-state index contributed by atoms with van der Waals surface area (Å²) < 4.78 is 22.6. The third-order valence-electron chi connectivity index (χ3n) is 2.71. The summed E-state index contributed by atoms with van der Waals surface area (Å²) in [6.45, 7) is 6.20. The molecule has 0 amide bonds. The Balaban J connectivity index is 2.60. The van der Waals surface area contributed by atoms with E-state index in [0.29, 0.717) is 17.5 Å². The Bertz CT molecular complexity index is 273. The van der Waals surface area contributed by atoms with Crippen LogP contribution in [0, 0.1) is 0 Å². The van der Waals surface area contributed by atoms with Gasteiger partial charge in [-0.1, -0.05) is 6.92 Å². The molecule has 0 saturated carbocycles. The van der Waals surface area contributed by atoms with Gasteiger partial charge in [0.25, 0.3) is 0 Å². The maximum Gasteiger partial charge on any atom is 0.152 e. The lowest BCUT2D eigenvalue weighted by atomic mass is 10.0. The van der Waals surface area contributed by atoms with E-state index in [0.717, 1.165) is 12.8 Å². The molecule has 1 N–H and O–H groups in total. The molecule has 0 spiro atoms. The summed E-state index contributed by atoms with van der Waals surface area (Å²) in [7, 11) is -2.77. The van der Waals surface area contributed by atoms with Gasteiger partial charge >= 0.3 is 0 Å². The van der Waals surface area contributed by atoms with Crippen molar-refractivity contribution in [3.05, 3.63) is 0 Å². The molecule has 3 nitrogen and oxygen atoms in total. The molecule has 13 heavy (non-hydrogen) atoms. The summed E-state index contributed by atoms with van der Waals surface area (Å²) in [5, 5.41) is 3.38. The summed E-state index contributed by atoms with van der Waals surface area (Å²) in [6, 6.07) is 0.401. The molecule has 0 aliphatic carbocycles. The molecule has 1 heterocycles. The second kappa shape index (κ2) is 3.58. The fraction of sp³-hybridized carbons (Fsp3) is 1.00. The van der Waals surface area contributed by atoms with Crippen molar-refractivity contribution >= 4 is 9.84 Å². The predicted octanol–water partition coefficient (Wildman–Crippen LogP) is 0.952. The van der Waals surface area contributed by atoms with E-state index < -0.39 is 9.84 Å². The lowest BCUT2D eigenvalue weighted by Crippen LogP contribution is -2.47. The van der Waals surface area contributed by atoms with Crippen LogP contribution in [0.25, 0.3) is 0 Å². The van der Waals surface area contributed by atoms with E-state index in [1.807, 2.05) is 6.92 Å². The van der Waals surface area contributed by atoms with Crippen molar-refractivity contribution in [2.24, 2.45) is 0 Å². The van der Waals surface area contributed by atoms with Crippen LogP contribution in [0.5, 0.6) is 0 Å². The molecule has 0 aromatic heterocycles. The highest BCUT2D eigenvalue weighted by atomic mass is 32.2. The quantitative estimate of drug-likeness (QED) is 0.746. The molecule has 1 aliphatic heterocycles. The average molecular weight is 205 g/mol. The highest BCUT2D eigenvalue weighted by molar-refractivity contribution is 7.91. The lowest BCUT2D eigenvalue weighted by Gasteiger charge is -2.27. The Kier molecular flexibility index (Phi) is 3.02. The Morgan fingerprint density at radius 1 is 1.54 bits per heavy atom. The largest absolute Gasteiger partial charge is 0.308 e. The molecule has 4 heteroatoms. The first-order valence-electron chi connectivity index (χ1n) is 4.85. The predicted molar refractivity (Wildman–Crippen MR) is 54.6 cm³/mol. The summed E-state index contributed by atoms with van der Waals surface area (Å²) >= 11 is 0. The summed E-state index contributed by atoms with van der Waals surface area (Å²) in [4.78, 5) is 0. The zero-order valence-corrected chi connectivity index (χ0v) is 9.45. The smallest absolute Gasteiger partial charge is 0.152 e. The number of sulfone groups is 1. The summed E-state index contributed by atoms with van der Waals surface area (Å²) in [5.74, 6) is 0.636. The number of hydrogen-bond donors (Lipinski definition) is 1. The van der Waals surface area contributed by atoms with E-state index in [1.54, 1.807) is 0 Å². The first-order chi connectivity index (χ1) is 5.87. The summed E-state index contributed by atoms with van der Waals surface area (Å²) in [6.07, 6.45) is 1.79. The van der Waals surface area contributed by atoms with Gasteiger partial charge in [0.2, 0.25) is 0 Å². The number of hydrogen-bond acceptors (Lipinski definition) is 3. The van der Waals surface area contributed by atoms with Crippen LogP contribution in [-0.4, -0.2) is 31.5 Å². The van der Waals surface area contributed by atoms with Crippen LogP contribution in [-0.2, 0) is 9.84 Å². The molecule has 1 fully saturated rings. The van der Waals surface area contributed by atoms with Crippen molar-refractivity contribution < 1.29 is 8.42 Å². The maximum atomic E-state index is 11.3. The van der Waals surface area contributed by atoms with Crippen LogP contribution < -0.4 is 5.32 Å². The van der Waals surface area contributed by atoms with E-state index in [4.69, 9.17) is 0 Å². The average Bonchev–Trinajstić information content (AvgIpc) is 2.25. The molecule has 2 unspecified atom stereocenters. The highest BCUT2D eigenvalue weighted by Gasteiger charge is 2.38. The van der Waals surface area contributed by atoms with Gasteiger partial charge in [-0.05, 0) is 26.7 Å². The van der Waals surface area contributed by atoms with Gasteiger partial charge < -0.3 is 5.32 Å².